The van der Waals surface area contributed by atoms with Crippen LogP contribution < -0.4 is 5.69 Å². The van der Waals surface area contributed by atoms with Crippen LogP contribution in [-0.2, 0) is 6.54 Å². The van der Waals surface area contributed by atoms with Crippen molar-refractivity contribution < 1.29 is 5.11 Å². The van der Waals surface area contributed by atoms with E-state index < -0.39 is 5.60 Å². The summed E-state index contributed by atoms with van der Waals surface area (Å²) in [6, 6.07) is 0. The van der Waals surface area contributed by atoms with E-state index in [9.17, 15) is 9.90 Å². The predicted octanol–water partition coefficient (Wildman–Crippen LogP) is 2.51. The van der Waals surface area contributed by atoms with Crippen LogP contribution in [0.4, 0.5) is 0 Å². The fourth-order valence-electron chi connectivity index (χ4n) is 2.79. The zero-order valence-corrected chi connectivity index (χ0v) is 13.6. The number of aromatic amines is 2. The Morgan fingerprint density at radius 2 is 2.27 bits per heavy atom. The average Bonchev–Trinajstić information content (AvgIpc) is 2.89. The molecule has 2 aromatic heterocycles. The molecule has 0 saturated heterocycles. The molecule has 0 saturated carbocycles. The van der Waals surface area contributed by atoms with Gasteiger partial charge in [-0.2, -0.15) is 0 Å². The van der Waals surface area contributed by atoms with Gasteiger partial charge in [0, 0.05) is 6.54 Å². The Kier molecular flexibility index (Phi) is 3.78. The maximum absolute atomic E-state index is 12.1. The minimum absolute atomic E-state index is 0.224. The quantitative estimate of drug-likeness (QED) is 0.758. The molecule has 3 N–H and O–H groups in total. The van der Waals surface area contributed by atoms with Crippen LogP contribution >= 0.6 is 12.2 Å². The first kappa shape index (κ1) is 15.2. The van der Waals surface area contributed by atoms with Crippen molar-refractivity contribution in [3.8, 4) is 0 Å². The number of H-pyrrole nitrogens is 2. The number of nitrogens with one attached hydrogen (secondary N) is 2. The minimum atomic E-state index is -0.642. The van der Waals surface area contributed by atoms with Crippen molar-refractivity contribution in [1.29, 1.82) is 0 Å². The van der Waals surface area contributed by atoms with Crippen LogP contribution in [0.5, 0.6) is 0 Å². The lowest BCUT2D eigenvalue weighted by molar-refractivity contribution is 0.0523. The zero-order valence-electron chi connectivity index (χ0n) is 12.8. The topological polar surface area (TPSA) is 86.7 Å². The summed E-state index contributed by atoms with van der Waals surface area (Å²) in [4.78, 5) is 22.6. The third kappa shape index (κ3) is 2.66. The van der Waals surface area contributed by atoms with Crippen molar-refractivity contribution in [2.45, 2.75) is 51.7 Å². The number of aliphatic hydroxyl groups is 1. The van der Waals surface area contributed by atoms with Gasteiger partial charge in [-0.3, -0.25) is 9.55 Å². The molecule has 7 heteroatoms. The lowest BCUT2D eigenvalue weighted by atomic mass is 9.87. The van der Waals surface area contributed by atoms with Crippen LogP contribution in [0.1, 0.15) is 45.4 Å². The Bertz CT molecular complexity index is 857. The van der Waals surface area contributed by atoms with Crippen molar-refractivity contribution in [2.75, 3.05) is 0 Å². The number of allylic oxidation sites excluding steroid dienone is 1. The maximum Gasteiger partial charge on any atom is 0.328 e. The molecule has 1 aliphatic carbocycles. The third-order valence-corrected chi connectivity index (χ3v) is 4.41. The molecule has 0 radical (unpaired) electrons. The van der Waals surface area contributed by atoms with Crippen molar-refractivity contribution in [2.24, 2.45) is 0 Å². The Labute approximate surface area is 132 Å². The van der Waals surface area contributed by atoms with E-state index in [1.54, 1.807) is 4.57 Å². The van der Waals surface area contributed by atoms with Crippen LogP contribution in [0.3, 0.4) is 0 Å². The monoisotopic (exact) mass is 320 g/mol. The second kappa shape index (κ2) is 5.48. The molecule has 0 aromatic carbocycles. The number of nitrogens with zero attached hydrogens (tertiary/aromatic N) is 2. The van der Waals surface area contributed by atoms with Crippen LogP contribution in [0.2, 0.25) is 0 Å². The standard InChI is InChI=1S/C15H20N4O2S/c1-3-8-19-12-10(13(22)18-14(19)20)16-11(17-12)9-4-6-15(2,21)7-5-9/h4,21H,3,5-8H2,1-2H3,(H,16,17)(H,18,20,22). The first-order valence-electron chi connectivity index (χ1n) is 7.56. The molecule has 6 nitrogen and oxygen atoms in total. The van der Waals surface area contributed by atoms with Gasteiger partial charge in [0.15, 0.2) is 5.65 Å². The van der Waals surface area contributed by atoms with E-state index >= 15 is 0 Å². The maximum atomic E-state index is 12.1. The van der Waals surface area contributed by atoms with E-state index in [0.29, 0.717) is 35.2 Å². The second-order valence-corrected chi connectivity index (χ2v) is 6.53. The molecule has 3 rings (SSSR count). The van der Waals surface area contributed by atoms with Gasteiger partial charge in [0.05, 0.1) is 5.60 Å². The summed E-state index contributed by atoms with van der Waals surface area (Å²) in [6.45, 7) is 4.45. The normalized spacial score (nSPS) is 22.0. The molecular weight excluding hydrogens is 300 g/mol. The molecule has 1 atom stereocenters. The van der Waals surface area contributed by atoms with E-state index in [1.807, 2.05) is 19.9 Å². The van der Waals surface area contributed by atoms with E-state index in [2.05, 4.69) is 15.0 Å². The van der Waals surface area contributed by atoms with Gasteiger partial charge in [-0.15, -0.1) is 0 Å². The molecular formula is C15H20N4O2S. The lowest BCUT2D eigenvalue weighted by Gasteiger charge is -2.26. The zero-order chi connectivity index (χ0) is 15.9. The van der Waals surface area contributed by atoms with E-state index in [1.165, 1.54) is 0 Å². The molecule has 1 unspecified atom stereocenters. The molecule has 118 valence electrons. The first-order chi connectivity index (χ1) is 10.4. The van der Waals surface area contributed by atoms with Gasteiger partial charge in [0.25, 0.3) is 0 Å². The van der Waals surface area contributed by atoms with Gasteiger partial charge in [-0.1, -0.05) is 25.2 Å². The Morgan fingerprint density at radius 3 is 2.91 bits per heavy atom. The van der Waals surface area contributed by atoms with Crippen molar-refractivity contribution in [3.05, 3.63) is 27.0 Å². The Hall–Kier alpha value is -1.73. The second-order valence-electron chi connectivity index (χ2n) is 6.13. The summed E-state index contributed by atoms with van der Waals surface area (Å²) in [6.07, 6.45) is 4.91. The highest BCUT2D eigenvalue weighted by Crippen LogP contribution is 2.31. The third-order valence-electron chi connectivity index (χ3n) is 4.11. The number of imidazole rings is 1. The molecule has 0 spiro atoms. The van der Waals surface area contributed by atoms with Gasteiger partial charge in [-0.05, 0) is 38.2 Å². The van der Waals surface area contributed by atoms with Gasteiger partial charge in [-0.25, -0.2) is 9.78 Å². The number of hydrogen-bond donors (Lipinski definition) is 3. The summed E-state index contributed by atoms with van der Waals surface area (Å²) >= 11 is 5.24. The fourth-order valence-corrected chi connectivity index (χ4v) is 3.02. The first-order valence-corrected chi connectivity index (χ1v) is 7.97. The number of fused-ring (bicyclic) bond motifs is 1. The summed E-state index contributed by atoms with van der Waals surface area (Å²) in [5.41, 5.74) is 1.49. The van der Waals surface area contributed by atoms with Gasteiger partial charge >= 0.3 is 5.69 Å². The SMILES string of the molecule is CCCn1c(=O)[nH]c(=S)c2[nH]c(C3=CCC(C)(O)CC3)nc21. The van der Waals surface area contributed by atoms with Gasteiger partial charge in [0.1, 0.15) is 16.0 Å². The number of aromatic nitrogens is 4. The molecule has 1 aliphatic rings. The van der Waals surface area contributed by atoms with Crippen LogP contribution in [0, 0.1) is 4.64 Å². The van der Waals surface area contributed by atoms with Crippen molar-refractivity contribution >= 4 is 29.0 Å². The van der Waals surface area contributed by atoms with Gasteiger partial charge < -0.3 is 10.1 Å². The highest BCUT2D eigenvalue weighted by molar-refractivity contribution is 7.71. The Morgan fingerprint density at radius 1 is 1.50 bits per heavy atom. The molecule has 2 heterocycles. The smallest absolute Gasteiger partial charge is 0.328 e. The molecule has 2 aromatic rings. The number of aryl methyl sites for hydroxylation is 1. The minimum Gasteiger partial charge on any atom is -0.390 e. The summed E-state index contributed by atoms with van der Waals surface area (Å²) in [7, 11) is 0. The fraction of sp³-hybridized carbons (Fsp3) is 0.533. The summed E-state index contributed by atoms with van der Waals surface area (Å²) in [5.74, 6) is 0.737. The summed E-state index contributed by atoms with van der Waals surface area (Å²) in [5, 5.41) is 10.0. The van der Waals surface area contributed by atoms with E-state index in [0.717, 1.165) is 24.2 Å². The van der Waals surface area contributed by atoms with Gasteiger partial charge in [0.2, 0.25) is 0 Å². The van der Waals surface area contributed by atoms with Crippen molar-refractivity contribution in [1.82, 2.24) is 19.5 Å². The van der Waals surface area contributed by atoms with E-state index in [4.69, 9.17) is 12.2 Å². The largest absolute Gasteiger partial charge is 0.390 e. The highest BCUT2D eigenvalue weighted by Gasteiger charge is 2.25. The lowest BCUT2D eigenvalue weighted by Crippen LogP contribution is -2.25. The average molecular weight is 320 g/mol. The summed E-state index contributed by atoms with van der Waals surface area (Å²) < 4.78 is 2.00. The number of hydrogen-bond acceptors (Lipinski definition) is 4. The Balaban J connectivity index is 2.12. The predicted molar refractivity (Wildman–Crippen MR) is 88.3 cm³/mol. The van der Waals surface area contributed by atoms with Crippen LogP contribution in [-0.4, -0.2) is 30.2 Å². The van der Waals surface area contributed by atoms with Crippen LogP contribution in [0.15, 0.2) is 10.9 Å². The highest BCUT2D eigenvalue weighted by atomic mass is 32.1. The van der Waals surface area contributed by atoms with Crippen LogP contribution in [0.25, 0.3) is 16.7 Å². The molecule has 0 fully saturated rings. The molecule has 0 bridgehead atoms. The molecule has 22 heavy (non-hydrogen) atoms. The molecule has 0 amide bonds. The molecule has 0 aliphatic heterocycles. The number of rotatable bonds is 3. The van der Waals surface area contributed by atoms with E-state index in [-0.39, 0.29) is 5.69 Å². The van der Waals surface area contributed by atoms with Crippen molar-refractivity contribution in [3.63, 3.8) is 0 Å².